The van der Waals surface area contributed by atoms with Crippen molar-refractivity contribution in [3.8, 4) is 34.2 Å². The number of nitriles is 1. The maximum atomic E-state index is 13.8. The molecule has 2 aromatic carbocycles. The van der Waals surface area contributed by atoms with Gasteiger partial charge in [-0.1, -0.05) is 23.7 Å². The van der Waals surface area contributed by atoms with E-state index in [-0.39, 0.29) is 46.4 Å². The molecule has 1 N–H and O–H groups in total. The Balaban J connectivity index is 1.36. The Morgan fingerprint density at radius 3 is 2.64 bits per heavy atom. The first kappa shape index (κ1) is 31.7. The average Bonchev–Trinajstić information content (AvgIpc) is 3.46. The third kappa shape index (κ3) is 5.89. The van der Waals surface area contributed by atoms with Gasteiger partial charge in [0.05, 0.1) is 56.2 Å². The predicted molar refractivity (Wildman–Crippen MR) is 171 cm³/mol. The Bertz CT molecular complexity index is 2350. The van der Waals surface area contributed by atoms with Gasteiger partial charge in [0, 0.05) is 32.8 Å². The zero-order valence-corrected chi connectivity index (χ0v) is 26.1. The molecule has 47 heavy (non-hydrogen) atoms. The smallest absolute Gasteiger partial charge is 0.416 e. The molecule has 0 fully saturated rings. The molecule has 0 bridgehead atoms. The minimum atomic E-state index is -4.61. The normalized spacial score (nSPS) is 11.6. The summed E-state index contributed by atoms with van der Waals surface area (Å²) in [6.45, 7) is 3.35. The van der Waals surface area contributed by atoms with Crippen LogP contribution in [0.3, 0.4) is 0 Å². The average molecular weight is 676 g/mol. The Morgan fingerprint density at radius 2 is 1.91 bits per heavy atom. The van der Waals surface area contributed by atoms with E-state index < -0.39 is 23.3 Å². The van der Waals surface area contributed by atoms with Crippen LogP contribution in [0.1, 0.15) is 33.0 Å². The lowest BCUT2D eigenvalue weighted by Crippen LogP contribution is -2.27. The van der Waals surface area contributed by atoms with Crippen molar-refractivity contribution in [2.45, 2.75) is 26.6 Å². The van der Waals surface area contributed by atoms with Gasteiger partial charge in [-0.05, 0) is 50.2 Å². The number of aryl methyl sites for hydroxylation is 2. The van der Waals surface area contributed by atoms with Gasteiger partial charge in [0.25, 0.3) is 5.56 Å². The van der Waals surface area contributed by atoms with Gasteiger partial charge in [-0.2, -0.15) is 18.4 Å². The molecule has 0 atom stereocenters. The van der Waals surface area contributed by atoms with Crippen LogP contribution in [-0.2, 0) is 12.7 Å². The lowest BCUT2D eigenvalue weighted by Gasteiger charge is -2.16. The van der Waals surface area contributed by atoms with Crippen molar-refractivity contribution in [3.05, 3.63) is 104 Å². The van der Waals surface area contributed by atoms with Crippen LogP contribution in [0.15, 0.2) is 64.9 Å². The Hall–Kier alpha value is -5.32. The number of benzene rings is 2. The fourth-order valence-electron chi connectivity index (χ4n) is 5.33. The van der Waals surface area contributed by atoms with Crippen molar-refractivity contribution in [2.24, 2.45) is 0 Å². The van der Waals surface area contributed by atoms with Crippen molar-refractivity contribution in [3.63, 3.8) is 0 Å². The highest BCUT2D eigenvalue weighted by molar-refractivity contribution is 7.18. The number of hydrogen-bond acceptors (Lipinski definition) is 8. The molecule has 0 radical (unpaired) electrons. The maximum absolute atomic E-state index is 13.8. The van der Waals surface area contributed by atoms with E-state index >= 15 is 0 Å². The molecule has 0 amide bonds. The molecule has 0 aliphatic heterocycles. The third-order valence-electron chi connectivity index (χ3n) is 7.45. The van der Waals surface area contributed by atoms with Crippen LogP contribution in [0.5, 0.6) is 5.75 Å². The second-order valence-electron chi connectivity index (χ2n) is 10.5. The van der Waals surface area contributed by atoms with Crippen LogP contribution in [-0.4, -0.2) is 37.2 Å². The fraction of sp³-hybridized carbons (Fsp3) is 0.152. The van der Waals surface area contributed by atoms with E-state index in [4.69, 9.17) is 16.3 Å². The highest BCUT2D eigenvalue weighted by Gasteiger charge is 2.31. The largest absolute Gasteiger partial charge is 0.491 e. The summed E-state index contributed by atoms with van der Waals surface area (Å²) in [4.78, 5) is 38.6. The van der Waals surface area contributed by atoms with Crippen LogP contribution in [0.4, 0.5) is 13.2 Å². The van der Waals surface area contributed by atoms with Crippen molar-refractivity contribution >= 4 is 50.0 Å². The quantitative estimate of drug-likeness (QED) is 0.182. The Kier molecular flexibility index (Phi) is 8.17. The van der Waals surface area contributed by atoms with Gasteiger partial charge in [-0.3, -0.25) is 19.3 Å². The summed E-state index contributed by atoms with van der Waals surface area (Å²) in [6.07, 6.45) is -3.35. The minimum Gasteiger partial charge on any atom is -0.491 e. The number of pyridine rings is 2. The van der Waals surface area contributed by atoms with E-state index in [0.717, 1.165) is 12.1 Å². The number of aromatic nitrogens is 4. The molecule has 0 spiro atoms. The standard InChI is InChI=1S/C33H21ClF3N5O4S/c1-16-10-22(30-29(40-16)24(15-47-30)32(44)45)21-12-20(34)6-7-26(21)46-9-8-42-17(2)41-25-14-39-28(23(13-38)27(25)31(42)43)18-4-3-5-19(11-18)33(35,36)37/h3-7,10-12,14-15H,8-9H2,1-2H3,(H,44,45). The van der Waals surface area contributed by atoms with Crippen LogP contribution in [0.25, 0.3) is 43.5 Å². The first-order chi connectivity index (χ1) is 22.4. The summed E-state index contributed by atoms with van der Waals surface area (Å²) in [6, 6.07) is 13.1. The number of nitrogens with zero attached hydrogens (tertiary/aromatic N) is 5. The number of fused-ring (bicyclic) bond motifs is 2. The van der Waals surface area contributed by atoms with Gasteiger partial charge in [0.2, 0.25) is 0 Å². The van der Waals surface area contributed by atoms with E-state index in [2.05, 4.69) is 15.0 Å². The number of alkyl halides is 3. The highest BCUT2D eigenvalue weighted by Crippen LogP contribution is 2.40. The number of thiophene rings is 1. The van der Waals surface area contributed by atoms with Gasteiger partial charge in [-0.15, -0.1) is 11.3 Å². The number of carboxylic acids is 1. The molecule has 6 rings (SSSR count). The molecule has 4 aromatic heterocycles. The van der Waals surface area contributed by atoms with E-state index in [1.54, 1.807) is 32.0 Å². The summed E-state index contributed by atoms with van der Waals surface area (Å²) >= 11 is 7.59. The van der Waals surface area contributed by atoms with Gasteiger partial charge < -0.3 is 9.84 Å². The van der Waals surface area contributed by atoms with E-state index in [0.29, 0.717) is 43.6 Å². The Morgan fingerprint density at radius 1 is 1.13 bits per heavy atom. The zero-order valence-electron chi connectivity index (χ0n) is 24.5. The molecule has 236 valence electrons. The number of hydrogen-bond donors (Lipinski definition) is 1. The zero-order chi connectivity index (χ0) is 33.6. The number of ether oxygens (including phenoxy) is 1. The van der Waals surface area contributed by atoms with E-state index in [1.165, 1.54) is 39.6 Å². The molecule has 4 heterocycles. The lowest BCUT2D eigenvalue weighted by molar-refractivity contribution is -0.137. The van der Waals surface area contributed by atoms with Gasteiger partial charge in [0.15, 0.2) is 0 Å². The summed E-state index contributed by atoms with van der Waals surface area (Å²) < 4.78 is 48.3. The van der Waals surface area contributed by atoms with Crippen LogP contribution < -0.4 is 10.3 Å². The molecule has 0 unspecified atom stereocenters. The van der Waals surface area contributed by atoms with Crippen molar-refractivity contribution < 1.29 is 27.8 Å². The van der Waals surface area contributed by atoms with Gasteiger partial charge in [-0.25, -0.2) is 9.78 Å². The molecule has 0 saturated heterocycles. The molecule has 0 aliphatic rings. The number of aromatic carboxylic acids is 1. The molecule has 14 heteroatoms. The van der Waals surface area contributed by atoms with Gasteiger partial charge in [0.1, 0.15) is 24.3 Å². The van der Waals surface area contributed by atoms with Crippen LogP contribution >= 0.6 is 22.9 Å². The van der Waals surface area contributed by atoms with Crippen LogP contribution in [0.2, 0.25) is 5.02 Å². The SMILES string of the molecule is Cc1cc(-c2cc(Cl)ccc2OCCn2c(C)nc3cnc(-c4cccc(C(F)(F)F)c4)c(C#N)c3c2=O)c2scc(C(=O)O)c2n1. The van der Waals surface area contributed by atoms with Crippen LogP contribution in [0, 0.1) is 25.2 Å². The van der Waals surface area contributed by atoms with Gasteiger partial charge >= 0.3 is 12.1 Å². The fourth-order valence-corrected chi connectivity index (χ4v) is 6.51. The second kappa shape index (κ2) is 12.1. The predicted octanol–water partition coefficient (Wildman–Crippen LogP) is 7.67. The number of rotatable bonds is 7. The van der Waals surface area contributed by atoms with Crippen molar-refractivity contribution in [1.82, 2.24) is 19.5 Å². The summed E-state index contributed by atoms with van der Waals surface area (Å²) in [5.41, 5.74) is 0.707. The summed E-state index contributed by atoms with van der Waals surface area (Å²) in [5, 5.41) is 21.5. The van der Waals surface area contributed by atoms with E-state index in [1.807, 2.05) is 12.1 Å². The monoisotopic (exact) mass is 675 g/mol. The molecule has 0 saturated carbocycles. The topological polar surface area (TPSA) is 131 Å². The third-order valence-corrected chi connectivity index (χ3v) is 8.69. The number of carboxylic acid groups (broad SMARTS) is 1. The minimum absolute atomic E-state index is 0.00864. The number of carbonyl (C=O) groups is 1. The molecular formula is C33H21ClF3N5O4S. The maximum Gasteiger partial charge on any atom is 0.416 e. The lowest BCUT2D eigenvalue weighted by atomic mass is 10.0. The highest BCUT2D eigenvalue weighted by atomic mass is 35.5. The second-order valence-corrected chi connectivity index (χ2v) is 11.8. The number of halogens is 4. The molecule has 9 nitrogen and oxygen atoms in total. The molecule has 0 aliphatic carbocycles. The molecular weight excluding hydrogens is 655 g/mol. The van der Waals surface area contributed by atoms with Crippen molar-refractivity contribution in [1.29, 1.82) is 5.26 Å². The summed E-state index contributed by atoms with van der Waals surface area (Å²) in [7, 11) is 0. The molecule has 6 aromatic rings. The summed E-state index contributed by atoms with van der Waals surface area (Å²) in [5.74, 6) is -0.365. The van der Waals surface area contributed by atoms with Crippen molar-refractivity contribution in [2.75, 3.05) is 6.61 Å². The first-order valence-electron chi connectivity index (χ1n) is 13.9. The van der Waals surface area contributed by atoms with E-state index in [9.17, 15) is 33.1 Å². The first-order valence-corrected chi connectivity index (χ1v) is 15.2. The Labute approximate surface area is 273 Å².